The maximum absolute atomic E-state index is 2.43. The molecule has 0 saturated carbocycles. The molecule has 0 saturated heterocycles. The molecule has 26 heavy (non-hydrogen) atoms. The third-order valence-electron chi connectivity index (χ3n) is 6.19. The first-order valence-electron chi connectivity index (χ1n) is 9.84. The summed E-state index contributed by atoms with van der Waals surface area (Å²) in [5.41, 5.74) is 9.35. The molecule has 0 radical (unpaired) electrons. The van der Waals surface area contributed by atoms with Crippen LogP contribution in [-0.2, 0) is 25.7 Å². The molecule has 128 valence electrons. The lowest BCUT2D eigenvalue weighted by molar-refractivity contribution is 0.941. The Bertz CT molecular complexity index is 1060. The largest absolute Gasteiger partial charge is 0.0620 e. The lowest BCUT2D eigenvalue weighted by atomic mass is 9.77. The van der Waals surface area contributed by atoms with Gasteiger partial charge >= 0.3 is 0 Å². The Hall–Kier alpha value is -2.60. The van der Waals surface area contributed by atoms with Gasteiger partial charge in [0.15, 0.2) is 0 Å². The molecule has 0 atom stereocenters. The van der Waals surface area contributed by atoms with Crippen molar-refractivity contribution in [1.82, 2.24) is 0 Å². The first-order chi connectivity index (χ1) is 12.8. The minimum Gasteiger partial charge on any atom is -0.0620 e. The maximum atomic E-state index is 2.43. The lowest BCUT2D eigenvalue weighted by Crippen LogP contribution is -2.13. The van der Waals surface area contributed by atoms with Crippen molar-refractivity contribution >= 4 is 21.5 Å². The number of rotatable bonds is 2. The van der Waals surface area contributed by atoms with Gasteiger partial charge < -0.3 is 0 Å². The van der Waals surface area contributed by atoms with Gasteiger partial charge in [0, 0.05) is 0 Å². The molecule has 4 aromatic rings. The van der Waals surface area contributed by atoms with Crippen molar-refractivity contribution in [2.24, 2.45) is 0 Å². The first kappa shape index (κ1) is 15.6. The van der Waals surface area contributed by atoms with Crippen LogP contribution in [-0.4, -0.2) is 0 Å². The molecule has 5 rings (SSSR count). The molecule has 0 aromatic heterocycles. The number of aryl methyl sites for hydroxylation is 2. The molecule has 1 aliphatic rings. The van der Waals surface area contributed by atoms with Crippen LogP contribution in [0, 0.1) is 0 Å². The Morgan fingerprint density at radius 3 is 1.46 bits per heavy atom. The van der Waals surface area contributed by atoms with E-state index in [9.17, 15) is 0 Å². The Labute approximate surface area is 155 Å². The van der Waals surface area contributed by atoms with E-state index < -0.39 is 0 Å². The van der Waals surface area contributed by atoms with E-state index in [4.69, 9.17) is 0 Å². The molecular weight excluding hydrogens is 312 g/mol. The van der Waals surface area contributed by atoms with Crippen LogP contribution in [0.2, 0.25) is 0 Å². The summed E-state index contributed by atoms with van der Waals surface area (Å²) < 4.78 is 0. The minimum absolute atomic E-state index is 1.09. The molecular formula is C26H24. The molecule has 0 bridgehead atoms. The van der Waals surface area contributed by atoms with E-state index in [0.717, 1.165) is 25.7 Å². The van der Waals surface area contributed by atoms with Crippen molar-refractivity contribution in [1.29, 1.82) is 0 Å². The number of benzene rings is 4. The fourth-order valence-electron chi connectivity index (χ4n) is 4.95. The maximum Gasteiger partial charge on any atom is -0.00170 e. The van der Waals surface area contributed by atoms with Gasteiger partial charge in [0.05, 0.1) is 0 Å². The van der Waals surface area contributed by atoms with Gasteiger partial charge in [-0.1, -0.05) is 62.4 Å². The smallest absolute Gasteiger partial charge is 0.00170 e. The van der Waals surface area contributed by atoms with Crippen molar-refractivity contribution in [3.8, 4) is 0 Å². The van der Waals surface area contributed by atoms with Gasteiger partial charge in [0.1, 0.15) is 0 Å². The van der Waals surface area contributed by atoms with Crippen molar-refractivity contribution in [3.05, 3.63) is 94.0 Å². The molecule has 1 aliphatic carbocycles. The van der Waals surface area contributed by atoms with Crippen LogP contribution in [0.1, 0.15) is 47.2 Å². The average molecular weight is 336 g/mol. The Morgan fingerprint density at radius 1 is 0.615 bits per heavy atom. The van der Waals surface area contributed by atoms with Gasteiger partial charge in [0.25, 0.3) is 0 Å². The standard InChI is InChI=1S/C26H24/c1-3-21-23-13-17-9-5-7-11-19(17)15-25(23)22(4-2)26-16-20-12-8-6-10-18(20)14-24(21)26/h5-13,15H,3-4,14,16H2,1-2H3. The fourth-order valence-corrected chi connectivity index (χ4v) is 4.95. The van der Waals surface area contributed by atoms with Gasteiger partial charge in [-0.05, 0) is 92.7 Å². The average Bonchev–Trinajstić information content (AvgIpc) is 2.69. The van der Waals surface area contributed by atoms with Crippen LogP contribution in [0.3, 0.4) is 0 Å². The molecule has 0 heteroatoms. The van der Waals surface area contributed by atoms with Gasteiger partial charge in [-0.2, -0.15) is 0 Å². The molecule has 0 N–H and O–H groups in total. The van der Waals surface area contributed by atoms with Crippen LogP contribution in [0.25, 0.3) is 21.5 Å². The SMILES string of the molecule is CCc1c2c(c(CC)c3cc4ccccc4cc13)Cc1ccccc1C2. The molecule has 0 unspecified atom stereocenters. The van der Waals surface area contributed by atoms with Gasteiger partial charge in [0.2, 0.25) is 0 Å². The number of hydrogen-bond donors (Lipinski definition) is 0. The third kappa shape index (κ3) is 2.22. The summed E-state index contributed by atoms with van der Waals surface area (Å²) >= 11 is 0. The summed E-state index contributed by atoms with van der Waals surface area (Å²) in [6.45, 7) is 4.63. The zero-order valence-corrected chi connectivity index (χ0v) is 15.6. The quantitative estimate of drug-likeness (QED) is 0.318. The summed E-state index contributed by atoms with van der Waals surface area (Å²) in [6, 6.07) is 22.7. The van der Waals surface area contributed by atoms with E-state index >= 15 is 0 Å². The summed E-state index contributed by atoms with van der Waals surface area (Å²) in [6.07, 6.45) is 4.38. The zero-order chi connectivity index (χ0) is 17.7. The number of fused-ring (bicyclic) bond motifs is 4. The Kier molecular flexibility index (Phi) is 3.60. The third-order valence-corrected chi connectivity index (χ3v) is 6.19. The number of hydrogen-bond acceptors (Lipinski definition) is 0. The highest BCUT2D eigenvalue weighted by molar-refractivity contribution is 6.02. The molecule has 0 amide bonds. The highest BCUT2D eigenvalue weighted by atomic mass is 14.3. The molecule has 0 spiro atoms. The van der Waals surface area contributed by atoms with E-state index in [1.807, 2.05) is 0 Å². The summed E-state index contributed by atoms with van der Waals surface area (Å²) in [5.74, 6) is 0. The molecule has 0 heterocycles. The summed E-state index contributed by atoms with van der Waals surface area (Å²) in [4.78, 5) is 0. The Balaban J connectivity index is 1.89. The van der Waals surface area contributed by atoms with Crippen LogP contribution in [0.5, 0.6) is 0 Å². The van der Waals surface area contributed by atoms with E-state index in [1.54, 1.807) is 22.3 Å². The second-order valence-electron chi connectivity index (χ2n) is 7.49. The van der Waals surface area contributed by atoms with Gasteiger partial charge in [-0.3, -0.25) is 0 Å². The predicted octanol–water partition coefficient (Wildman–Crippen LogP) is 6.61. The van der Waals surface area contributed by atoms with Crippen LogP contribution in [0.15, 0.2) is 60.7 Å². The first-order valence-corrected chi connectivity index (χ1v) is 9.84. The van der Waals surface area contributed by atoms with E-state index in [2.05, 4.69) is 74.5 Å². The molecule has 4 aromatic carbocycles. The second-order valence-corrected chi connectivity index (χ2v) is 7.49. The highest BCUT2D eigenvalue weighted by Gasteiger charge is 2.23. The van der Waals surface area contributed by atoms with E-state index in [-0.39, 0.29) is 0 Å². The highest BCUT2D eigenvalue weighted by Crippen LogP contribution is 2.39. The van der Waals surface area contributed by atoms with Crippen LogP contribution >= 0.6 is 0 Å². The normalized spacial score (nSPS) is 13.0. The van der Waals surface area contributed by atoms with Crippen LogP contribution < -0.4 is 0 Å². The van der Waals surface area contributed by atoms with Crippen molar-refractivity contribution in [2.45, 2.75) is 39.5 Å². The topological polar surface area (TPSA) is 0 Å². The van der Waals surface area contributed by atoms with Gasteiger partial charge in [-0.25, -0.2) is 0 Å². The fraction of sp³-hybridized carbons (Fsp3) is 0.231. The minimum atomic E-state index is 1.09. The molecule has 0 aliphatic heterocycles. The second kappa shape index (κ2) is 5.99. The van der Waals surface area contributed by atoms with Crippen molar-refractivity contribution in [2.75, 3.05) is 0 Å². The summed E-state index contributed by atoms with van der Waals surface area (Å²) in [7, 11) is 0. The van der Waals surface area contributed by atoms with Crippen molar-refractivity contribution in [3.63, 3.8) is 0 Å². The molecule has 0 nitrogen and oxygen atoms in total. The monoisotopic (exact) mass is 336 g/mol. The predicted molar refractivity (Wildman–Crippen MR) is 112 cm³/mol. The van der Waals surface area contributed by atoms with E-state index in [0.29, 0.717) is 0 Å². The van der Waals surface area contributed by atoms with Crippen LogP contribution in [0.4, 0.5) is 0 Å². The van der Waals surface area contributed by atoms with Gasteiger partial charge in [-0.15, -0.1) is 0 Å². The lowest BCUT2D eigenvalue weighted by Gasteiger charge is -2.27. The van der Waals surface area contributed by atoms with Crippen molar-refractivity contribution < 1.29 is 0 Å². The molecule has 0 fully saturated rings. The Morgan fingerprint density at radius 2 is 1.04 bits per heavy atom. The summed E-state index contributed by atoms with van der Waals surface area (Å²) in [5, 5.41) is 5.66. The van der Waals surface area contributed by atoms with E-state index in [1.165, 1.54) is 32.7 Å². The zero-order valence-electron chi connectivity index (χ0n) is 15.6.